The molecule has 0 nitrogen and oxygen atoms in total. The molecule has 0 aliphatic heterocycles. The van der Waals surface area contributed by atoms with Gasteiger partial charge < -0.3 is 0 Å². The molecule has 0 saturated carbocycles. The summed E-state index contributed by atoms with van der Waals surface area (Å²) >= 11 is 5.73. The lowest BCUT2D eigenvalue weighted by atomic mass is 10.3. The molecule has 0 aliphatic carbocycles. The van der Waals surface area contributed by atoms with Gasteiger partial charge in [0, 0.05) is 35.0 Å². The van der Waals surface area contributed by atoms with Crippen molar-refractivity contribution in [3.63, 3.8) is 0 Å². The zero-order valence-electron chi connectivity index (χ0n) is 14.9. The summed E-state index contributed by atoms with van der Waals surface area (Å²) in [6.45, 7) is 20.3. The summed E-state index contributed by atoms with van der Waals surface area (Å²) in [6.07, 6.45) is 0. The van der Waals surface area contributed by atoms with E-state index in [-0.39, 0.29) is 14.2 Å². The Labute approximate surface area is 144 Å². The third-order valence-electron chi connectivity index (χ3n) is 2.05. The van der Waals surface area contributed by atoms with Gasteiger partial charge >= 0.3 is 0 Å². The molecule has 0 saturated heterocycles. The Balaban J connectivity index is 3.13. The molecular formula is C18H29S3. The number of hydrogen-bond donors (Lipinski definition) is 0. The van der Waals surface area contributed by atoms with Crippen LogP contribution in [0.5, 0.6) is 0 Å². The van der Waals surface area contributed by atoms with Gasteiger partial charge in [-0.2, -0.15) is 0 Å². The topological polar surface area (TPSA) is 0 Å². The Hall–Kier alpha value is 0.270. The summed E-state index contributed by atoms with van der Waals surface area (Å²) in [5.41, 5.74) is 0. The lowest BCUT2D eigenvalue weighted by Gasteiger charge is -2.23. The van der Waals surface area contributed by atoms with Crippen molar-refractivity contribution in [3.8, 4) is 0 Å². The normalized spacial score (nSPS) is 13.6. The van der Waals surface area contributed by atoms with Gasteiger partial charge in [0.1, 0.15) is 0 Å². The van der Waals surface area contributed by atoms with Gasteiger partial charge in [-0.15, -0.1) is 35.3 Å². The Morgan fingerprint density at radius 3 is 1.24 bits per heavy atom. The molecule has 0 amide bonds. The van der Waals surface area contributed by atoms with E-state index < -0.39 is 0 Å². The molecule has 0 heterocycles. The highest BCUT2D eigenvalue weighted by molar-refractivity contribution is 8.02. The van der Waals surface area contributed by atoms with E-state index >= 15 is 0 Å². The second-order valence-electron chi connectivity index (χ2n) is 8.19. The van der Waals surface area contributed by atoms with Crippen LogP contribution in [0.3, 0.4) is 0 Å². The summed E-state index contributed by atoms with van der Waals surface area (Å²) in [5.74, 6) is 0. The summed E-state index contributed by atoms with van der Waals surface area (Å²) in [5, 5.41) is 0. The van der Waals surface area contributed by atoms with Crippen LogP contribution in [-0.2, 0) is 0 Å². The first-order valence-electron chi connectivity index (χ1n) is 7.38. The zero-order chi connectivity index (χ0) is 16.5. The van der Waals surface area contributed by atoms with Crippen LogP contribution in [0.25, 0.3) is 0 Å². The van der Waals surface area contributed by atoms with Gasteiger partial charge in [-0.1, -0.05) is 62.3 Å². The average molecular weight is 342 g/mol. The molecule has 3 heteroatoms. The van der Waals surface area contributed by atoms with Gasteiger partial charge in [0.25, 0.3) is 0 Å². The fourth-order valence-electron chi connectivity index (χ4n) is 1.68. The van der Waals surface area contributed by atoms with Crippen molar-refractivity contribution in [1.29, 1.82) is 0 Å². The minimum Gasteiger partial charge on any atom is -0.120 e. The van der Waals surface area contributed by atoms with E-state index in [1.807, 2.05) is 35.3 Å². The van der Waals surface area contributed by atoms with Gasteiger partial charge in [-0.05, 0) is 12.1 Å². The zero-order valence-corrected chi connectivity index (χ0v) is 17.3. The van der Waals surface area contributed by atoms with Gasteiger partial charge in [0.15, 0.2) is 0 Å². The molecule has 21 heavy (non-hydrogen) atoms. The van der Waals surface area contributed by atoms with E-state index in [1.54, 1.807) is 0 Å². The Bertz CT molecular complexity index is 387. The first kappa shape index (κ1) is 19.3. The molecule has 0 atom stereocenters. The third kappa shape index (κ3) is 9.10. The van der Waals surface area contributed by atoms with Crippen LogP contribution in [-0.4, -0.2) is 14.2 Å². The standard InChI is InChI=1S/C18H29S3/c1-16(2,3)19-13-10-14(20-17(4,5)6)12-15(11-13)21-18(7,8)9/h10-11H,1-9H3. The van der Waals surface area contributed by atoms with Crippen molar-refractivity contribution in [2.75, 3.05) is 0 Å². The molecule has 0 aliphatic rings. The maximum Gasteiger partial charge on any atom is 0.0179 e. The van der Waals surface area contributed by atoms with E-state index in [2.05, 4.69) is 80.5 Å². The summed E-state index contributed by atoms with van der Waals surface area (Å²) in [4.78, 5) is 3.85. The summed E-state index contributed by atoms with van der Waals surface area (Å²) in [6, 6.07) is 8.18. The van der Waals surface area contributed by atoms with Crippen LogP contribution in [0.1, 0.15) is 62.3 Å². The molecule has 0 fully saturated rings. The lowest BCUT2D eigenvalue weighted by Crippen LogP contribution is -2.09. The Morgan fingerprint density at radius 1 is 0.619 bits per heavy atom. The van der Waals surface area contributed by atoms with Crippen LogP contribution >= 0.6 is 35.3 Å². The van der Waals surface area contributed by atoms with E-state index in [9.17, 15) is 0 Å². The molecule has 119 valence electrons. The highest BCUT2D eigenvalue weighted by atomic mass is 32.2. The summed E-state index contributed by atoms with van der Waals surface area (Å²) in [7, 11) is 0. The molecule has 1 aromatic rings. The maximum absolute atomic E-state index is 3.60. The van der Waals surface area contributed by atoms with Crippen molar-refractivity contribution in [2.45, 2.75) is 91.2 Å². The fraction of sp³-hybridized carbons (Fsp3) is 0.667. The van der Waals surface area contributed by atoms with Crippen molar-refractivity contribution >= 4 is 35.3 Å². The largest absolute Gasteiger partial charge is 0.120 e. The molecule has 1 aromatic carbocycles. The second kappa shape index (κ2) is 6.80. The van der Waals surface area contributed by atoms with E-state index in [0.29, 0.717) is 0 Å². The predicted octanol–water partition coefficient (Wildman–Crippen LogP) is 7.16. The van der Waals surface area contributed by atoms with E-state index in [4.69, 9.17) is 0 Å². The minimum absolute atomic E-state index is 0.213. The second-order valence-corrected chi connectivity index (χ2v) is 13.8. The van der Waals surface area contributed by atoms with Crippen LogP contribution < -0.4 is 0 Å². The number of thioether (sulfide) groups is 3. The highest BCUT2D eigenvalue weighted by Crippen LogP contribution is 2.41. The SMILES string of the molecule is CC(C)(C)Sc1[c]c(SC(C)(C)C)cc(SC(C)(C)C)c1. The van der Waals surface area contributed by atoms with Gasteiger partial charge in [0.05, 0.1) is 0 Å². The van der Waals surface area contributed by atoms with E-state index in [1.165, 1.54) is 14.7 Å². The van der Waals surface area contributed by atoms with Crippen LogP contribution in [0, 0.1) is 6.07 Å². The van der Waals surface area contributed by atoms with Crippen LogP contribution in [0.15, 0.2) is 26.8 Å². The molecule has 0 unspecified atom stereocenters. The van der Waals surface area contributed by atoms with Crippen molar-refractivity contribution in [3.05, 3.63) is 18.2 Å². The molecule has 0 N–H and O–H groups in total. The van der Waals surface area contributed by atoms with Crippen molar-refractivity contribution in [1.82, 2.24) is 0 Å². The first-order chi connectivity index (χ1) is 9.23. The third-order valence-corrected chi connectivity index (χ3v) is 5.24. The molecule has 1 rings (SSSR count). The number of benzene rings is 1. The number of hydrogen-bond acceptors (Lipinski definition) is 3. The monoisotopic (exact) mass is 341 g/mol. The van der Waals surface area contributed by atoms with Crippen LogP contribution in [0.2, 0.25) is 0 Å². The molecular weight excluding hydrogens is 312 g/mol. The van der Waals surface area contributed by atoms with Gasteiger partial charge in [0.2, 0.25) is 0 Å². The van der Waals surface area contributed by atoms with Gasteiger partial charge in [-0.3, -0.25) is 0 Å². The average Bonchev–Trinajstić information content (AvgIpc) is 2.06. The Morgan fingerprint density at radius 2 is 0.952 bits per heavy atom. The van der Waals surface area contributed by atoms with Crippen molar-refractivity contribution < 1.29 is 0 Å². The first-order valence-corrected chi connectivity index (χ1v) is 9.83. The minimum atomic E-state index is 0.213. The molecule has 0 spiro atoms. The lowest BCUT2D eigenvalue weighted by molar-refractivity contribution is 0.797. The molecule has 0 bridgehead atoms. The fourth-order valence-corrected chi connectivity index (χ4v) is 4.96. The van der Waals surface area contributed by atoms with Crippen molar-refractivity contribution in [2.24, 2.45) is 0 Å². The van der Waals surface area contributed by atoms with Gasteiger partial charge in [-0.25, -0.2) is 0 Å². The summed E-state index contributed by atoms with van der Waals surface area (Å²) < 4.78 is 0.658. The quantitative estimate of drug-likeness (QED) is 0.535. The smallest absolute Gasteiger partial charge is 0.0179 e. The molecule has 1 radical (unpaired) electrons. The molecule has 0 aromatic heterocycles. The highest BCUT2D eigenvalue weighted by Gasteiger charge is 2.19. The Kier molecular flexibility index (Phi) is 6.26. The maximum atomic E-state index is 3.60. The van der Waals surface area contributed by atoms with Crippen LogP contribution in [0.4, 0.5) is 0 Å². The van der Waals surface area contributed by atoms with E-state index in [0.717, 1.165) is 0 Å². The predicted molar refractivity (Wildman–Crippen MR) is 102 cm³/mol. The number of rotatable bonds is 3.